The average Bonchev–Trinajstić information content (AvgIpc) is 2.88. The van der Waals surface area contributed by atoms with Crippen molar-refractivity contribution >= 4 is 23.4 Å². The molecule has 5 nitrogen and oxygen atoms in total. The summed E-state index contributed by atoms with van der Waals surface area (Å²) in [5, 5.41) is 0.734. The van der Waals surface area contributed by atoms with E-state index in [1.165, 1.54) is 37.7 Å². The van der Waals surface area contributed by atoms with E-state index in [1.807, 2.05) is 12.3 Å². The fourth-order valence-corrected chi connectivity index (χ4v) is 2.51. The molecule has 0 atom stereocenters. The molecule has 2 N–H and O–H groups in total. The maximum Gasteiger partial charge on any atom is 0.191 e. The van der Waals surface area contributed by atoms with Crippen molar-refractivity contribution in [3.8, 4) is 0 Å². The predicted molar refractivity (Wildman–Crippen MR) is 77.2 cm³/mol. The van der Waals surface area contributed by atoms with Crippen LogP contribution in [0.25, 0.3) is 0 Å². The molecule has 1 aromatic rings. The highest BCUT2D eigenvalue weighted by Crippen LogP contribution is 2.18. The molecule has 2 rings (SSSR count). The standard InChI is InChI=1S/C12H21N5S/c1-16(7-8-17-5-3-4-6-17)11-9-10(13)14-12(15-11)18-2/h9H,3-8H2,1-2H3,(H2,13,14,15). The molecule has 18 heavy (non-hydrogen) atoms. The van der Waals surface area contributed by atoms with Crippen molar-refractivity contribution in [1.29, 1.82) is 0 Å². The second kappa shape index (κ2) is 6.24. The van der Waals surface area contributed by atoms with Crippen molar-refractivity contribution in [3.63, 3.8) is 0 Å². The lowest BCUT2D eigenvalue weighted by Crippen LogP contribution is -2.31. The van der Waals surface area contributed by atoms with Gasteiger partial charge in [0.1, 0.15) is 11.6 Å². The van der Waals surface area contributed by atoms with Crippen molar-refractivity contribution in [2.24, 2.45) is 0 Å². The van der Waals surface area contributed by atoms with Crippen LogP contribution in [0.15, 0.2) is 11.2 Å². The van der Waals surface area contributed by atoms with Gasteiger partial charge >= 0.3 is 0 Å². The van der Waals surface area contributed by atoms with E-state index in [1.54, 1.807) is 0 Å². The Morgan fingerprint density at radius 2 is 2.11 bits per heavy atom. The van der Waals surface area contributed by atoms with Gasteiger partial charge in [0.25, 0.3) is 0 Å². The summed E-state index contributed by atoms with van der Waals surface area (Å²) in [6, 6.07) is 1.84. The zero-order valence-corrected chi connectivity index (χ0v) is 11.9. The topological polar surface area (TPSA) is 58.3 Å². The highest BCUT2D eigenvalue weighted by molar-refractivity contribution is 7.98. The zero-order valence-electron chi connectivity index (χ0n) is 11.1. The first-order chi connectivity index (χ1) is 8.69. The van der Waals surface area contributed by atoms with Crippen LogP contribution in [0.2, 0.25) is 0 Å². The molecule has 0 amide bonds. The van der Waals surface area contributed by atoms with Gasteiger partial charge in [-0.05, 0) is 32.2 Å². The highest BCUT2D eigenvalue weighted by Gasteiger charge is 2.13. The summed E-state index contributed by atoms with van der Waals surface area (Å²) in [6.45, 7) is 4.53. The van der Waals surface area contributed by atoms with Crippen LogP contribution in [0.3, 0.4) is 0 Å². The normalized spacial score (nSPS) is 16.1. The van der Waals surface area contributed by atoms with Gasteiger partial charge in [-0.2, -0.15) is 0 Å². The second-order valence-corrected chi connectivity index (χ2v) is 5.38. The molecule has 0 saturated carbocycles. The van der Waals surface area contributed by atoms with Gasteiger partial charge in [-0.25, -0.2) is 9.97 Å². The number of likely N-dealkylation sites (N-methyl/N-ethyl adjacent to an activating group) is 1. The number of hydrogen-bond donors (Lipinski definition) is 1. The summed E-state index contributed by atoms with van der Waals surface area (Å²) < 4.78 is 0. The average molecular weight is 267 g/mol. The maximum atomic E-state index is 5.79. The summed E-state index contributed by atoms with van der Waals surface area (Å²) in [5.74, 6) is 1.45. The summed E-state index contributed by atoms with van der Waals surface area (Å²) >= 11 is 1.52. The Bertz CT molecular complexity index is 392. The molecule has 100 valence electrons. The Morgan fingerprint density at radius 3 is 2.78 bits per heavy atom. The minimum absolute atomic E-state index is 0.539. The molecule has 0 aliphatic carbocycles. The highest BCUT2D eigenvalue weighted by atomic mass is 32.2. The van der Waals surface area contributed by atoms with Crippen LogP contribution < -0.4 is 10.6 Å². The summed E-state index contributed by atoms with van der Waals surface area (Å²) in [6.07, 6.45) is 4.63. The maximum absolute atomic E-state index is 5.79. The monoisotopic (exact) mass is 267 g/mol. The molecule has 1 fully saturated rings. The van der Waals surface area contributed by atoms with Gasteiger partial charge in [0.05, 0.1) is 0 Å². The third-order valence-electron chi connectivity index (χ3n) is 3.24. The van der Waals surface area contributed by atoms with E-state index in [0.717, 1.165) is 24.1 Å². The Hall–Kier alpha value is -1.01. The van der Waals surface area contributed by atoms with Crippen LogP contribution >= 0.6 is 11.8 Å². The van der Waals surface area contributed by atoms with Gasteiger partial charge in [-0.1, -0.05) is 11.8 Å². The van der Waals surface area contributed by atoms with E-state index >= 15 is 0 Å². The lowest BCUT2D eigenvalue weighted by Gasteiger charge is -2.22. The van der Waals surface area contributed by atoms with E-state index in [-0.39, 0.29) is 0 Å². The Kier molecular flexibility index (Phi) is 4.66. The zero-order chi connectivity index (χ0) is 13.0. The molecule has 1 saturated heterocycles. The minimum Gasteiger partial charge on any atom is -0.383 e. The number of thioether (sulfide) groups is 1. The lowest BCUT2D eigenvalue weighted by molar-refractivity contribution is 0.346. The number of likely N-dealkylation sites (tertiary alicyclic amines) is 1. The van der Waals surface area contributed by atoms with Crippen molar-refractivity contribution in [2.75, 3.05) is 50.1 Å². The Labute approximate surface area is 113 Å². The lowest BCUT2D eigenvalue weighted by atomic mass is 10.4. The second-order valence-electron chi connectivity index (χ2n) is 4.61. The third-order valence-corrected chi connectivity index (χ3v) is 3.78. The first-order valence-electron chi connectivity index (χ1n) is 6.31. The van der Waals surface area contributed by atoms with Crippen molar-refractivity contribution in [2.45, 2.75) is 18.0 Å². The molecular formula is C12H21N5S. The quantitative estimate of drug-likeness (QED) is 0.641. The molecule has 1 aliphatic rings. The van der Waals surface area contributed by atoms with Gasteiger partial charge in [0.2, 0.25) is 0 Å². The Balaban J connectivity index is 1.94. The van der Waals surface area contributed by atoms with Gasteiger partial charge in [-0.3, -0.25) is 0 Å². The first-order valence-corrected chi connectivity index (χ1v) is 7.53. The molecular weight excluding hydrogens is 246 g/mol. The van der Waals surface area contributed by atoms with Gasteiger partial charge in [0.15, 0.2) is 5.16 Å². The number of nitrogen functional groups attached to an aromatic ring is 1. The van der Waals surface area contributed by atoms with E-state index in [2.05, 4.69) is 26.8 Å². The first kappa shape index (κ1) is 13.4. The smallest absolute Gasteiger partial charge is 0.191 e. The third kappa shape index (κ3) is 3.49. The summed E-state index contributed by atoms with van der Waals surface area (Å²) in [5.41, 5.74) is 5.79. The SMILES string of the molecule is CSc1nc(N)cc(N(C)CCN2CCCC2)n1. The van der Waals surface area contributed by atoms with Crippen LogP contribution in [0.4, 0.5) is 11.6 Å². The number of nitrogens with zero attached hydrogens (tertiary/aromatic N) is 4. The van der Waals surface area contributed by atoms with E-state index in [4.69, 9.17) is 5.73 Å². The van der Waals surface area contributed by atoms with Crippen LogP contribution in [0, 0.1) is 0 Å². The van der Waals surface area contributed by atoms with Gasteiger partial charge < -0.3 is 15.5 Å². The molecule has 0 bridgehead atoms. The van der Waals surface area contributed by atoms with Gasteiger partial charge in [-0.15, -0.1) is 0 Å². The molecule has 1 aromatic heterocycles. The minimum atomic E-state index is 0.539. The number of rotatable bonds is 5. The number of hydrogen-bond acceptors (Lipinski definition) is 6. The predicted octanol–water partition coefficient (Wildman–Crippen LogP) is 1.31. The summed E-state index contributed by atoms with van der Waals surface area (Å²) in [7, 11) is 2.06. The van der Waals surface area contributed by atoms with Crippen LogP contribution in [0.5, 0.6) is 0 Å². The van der Waals surface area contributed by atoms with Crippen LogP contribution in [-0.2, 0) is 0 Å². The van der Waals surface area contributed by atoms with E-state index in [0.29, 0.717) is 5.82 Å². The number of nitrogens with two attached hydrogens (primary N) is 1. The van der Waals surface area contributed by atoms with Crippen LogP contribution in [-0.4, -0.2) is 54.4 Å². The number of aromatic nitrogens is 2. The fourth-order valence-electron chi connectivity index (χ4n) is 2.13. The van der Waals surface area contributed by atoms with Crippen LogP contribution in [0.1, 0.15) is 12.8 Å². The molecule has 6 heteroatoms. The fraction of sp³-hybridized carbons (Fsp3) is 0.667. The molecule has 0 radical (unpaired) electrons. The van der Waals surface area contributed by atoms with Gasteiger partial charge in [0, 0.05) is 26.2 Å². The molecule has 1 aliphatic heterocycles. The van der Waals surface area contributed by atoms with Crippen molar-refractivity contribution in [1.82, 2.24) is 14.9 Å². The molecule has 2 heterocycles. The molecule has 0 unspecified atom stereocenters. The molecule has 0 aromatic carbocycles. The number of anilines is 2. The largest absolute Gasteiger partial charge is 0.383 e. The molecule has 0 spiro atoms. The Morgan fingerprint density at radius 1 is 1.39 bits per heavy atom. The summed E-state index contributed by atoms with van der Waals surface area (Å²) in [4.78, 5) is 13.3. The van der Waals surface area contributed by atoms with E-state index in [9.17, 15) is 0 Å². The van der Waals surface area contributed by atoms with Crippen molar-refractivity contribution < 1.29 is 0 Å². The van der Waals surface area contributed by atoms with E-state index < -0.39 is 0 Å². The van der Waals surface area contributed by atoms with Crippen molar-refractivity contribution in [3.05, 3.63) is 6.07 Å².